The number of furan rings is 4. The SMILES string of the molecule is c1ccc(-c2ccc3c(c2)c2ccccc2c2ccc(-c4ccc(-c5cccc6oc7ccccc7c56)o4)cc23)cc1.c1ccc(-c2ccc3c(c2)c2ccccc2c2ccc(-c4ccc(-c5cccc6sc7ccccc7c56)o4)cc23)cc1.c1ccc(-c2ccc3c(c2)c2ccccc2c2ccc(-c4cccc(-c5ccc6c(c5)oc5ccccc56)c4)cc23)cc1. The van der Waals surface area contributed by atoms with Gasteiger partial charge in [0, 0.05) is 64.0 Å². The maximum absolute atomic E-state index is 6.61. The molecule has 22 aromatic carbocycles. The molecule has 592 valence electrons. The number of thiophene rings is 1. The summed E-state index contributed by atoms with van der Waals surface area (Å²) in [6, 6.07) is 161. The lowest BCUT2D eigenvalue weighted by Gasteiger charge is -2.14. The Hall–Kier alpha value is -16.4. The van der Waals surface area contributed by atoms with Gasteiger partial charge in [-0.1, -0.05) is 340 Å². The molecule has 0 bridgehead atoms. The van der Waals surface area contributed by atoms with Crippen LogP contribution in [0.4, 0.5) is 0 Å². The van der Waals surface area contributed by atoms with Crippen LogP contribution in [0.1, 0.15) is 0 Å². The van der Waals surface area contributed by atoms with E-state index in [-0.39, 0.29) is 0 Å². The van der Waals surface area contributed by atoms with Crippen LogP contribution in [-0.4, -0.2) is 0 Å². The Balaban J connectivity index is 0.000000104. The smallest absolute Gasteiger partial charge is 0.136 e. The van der Waals surface area contributed by atoms with Gasteiger partial charge in [-0.05, 0) is 262 Å². The maximum atomic E-state index is 6.61. The molecule has 0 fully saturated rings. The van der Waals surface area contributed by atoms with E-state index in [1.807, 2.05) is 53.8 Å². The Kier molecular flexibility index (Phi) is 17.5. The van der Waals surface area contributed by atoms with Crippen molar-refractivity contribution in [3.63, 3.8) is 0 Å². The summed E-state index contributed by atoms with van der Waals surface area (Å²) in [7, 11) is 0. The second kappa shape index (κ2) is 30.3. The molecule has 0 saturated heterocycles. The highest BCUT2D eigenvalue weighted by molar-refractivity contribution is 7.26. The van der Waals surface area contributed by atoms with E-state index < -0.39 is 0 Å². The highest BCUT2D eigenvalue weighted by Crippen LogP contribution is 2.48. The molecule has 0 spiro atoms. The van der Waals surface area contributed by atoms with E-state index in [0.717, 1.165) is 94.7 Å². The van der Waals surface area contributed by atoms with Gasteiger partial charge in [0.1, 0.15) is 45.4 Å². The van der Waals surface area contributed by atoms with Gasteiger partial charge in [0.2, 0.25) is 0 Å². The summed E-state index contributed by atoms with van der Waals surface area (Å²) >= 11 is 1.83. The summed E-state index contributed by atoms with van der Waals surface area (Å²) in [5.41, 5.74) is 20.0. The normalized spacial score (nSPS) is 11.8. The van der Waals surface area contributed by atoms with Gasteiger partial charge < -0.3 is 17.7 Å². The fraction of sp³-hybridized carbons (Fsp3) is 0. The van der Waals surface area contributed by atoms with Crippen molar-refractivity contribution in [1.82, 2.24) is 0 Å². The number of rotatable bonds is 9. The Morgan fingerprint density at radius 2 is 0.402 bits per heavy atom. The fourth-order valence-corrected chi connectivity index (χ4v) is 20.9. The van der Waals surface area contributed by atoms with Crippen LogP contribution in [0.25, 0.3) is 262 Å². The van der Waals surface area contributed by atoms with Crippen LogP contribution < -0.4 is 0 Å². The van der Waals surface area contributed by atoms with Crippen LogP contribution in [0.5, 0.6) is 0 Å². The minimum Gasteiger partial charge on any atom is -0.456 e. The van der Waals surface area contributed by atoms with Crippen LogP contribution in [0.3, 0.4) is 0 Å². The lowest BCUT2D eigenvalue weighted by atomic mass is 9.90. The van der Waals surface area contributed by atoms with Crippen molar-refractivity contribution in [2.75, 3.05) is 0 Å². The molecule has 127 heavy (non-hydrogen) atoms. The number of para-hydroxylation sites is 2. The van der Waals surface area contributed by atoms with Crippen molar-refractivity contribution in [2.45, 2.75) is 0 Å². The van der Waals surface area contributed by atoms with Crippen LogP contribution in [-0.2, 0) is 0 Å². The molecule has 0 atom stereocenters. The van der Waals surface area contributed by atoms with E-state index in [1.54, 1.807) is 0 Å². The molecule has 0 unspecified atom stereocenters. The topological polar surface area (TPSA) is 52.6 Å². The Morgan fingerprint density at radius 3 is 0.874 bits per heavy atom. The number of hydrogen-bond donors (Lipinski definition) is 0. The maximum Gasteiger partial charge on any atom is 0.136 e. The van der Waals surface area contributed by atoms with Gasteiger partial charge in [0.25, 0.3) is 0 Å². The van der Waals surface area contributed by atoms with E-state index in [4.69, 9.17) is 17.7 Å². The zero-order chi connectivity index (χ0) is 83.6. The average molecular weight is 1640 g/mol. The zero-order valence-electron chi connectivity index (χ0n) is 68.8. The molecular weight excluding hydrogens is 1560 g/mol. The van der Waals surface area contributed by atoms with Gasteiger partial charge in [-0.2, -0.15) is 0 Å². The first-order valence-corrected chi connectivity index (χ1v) is 44.1. The van der Waals surface area contributed by atoms with Gasteiger partial charge in [-0.3, -0.25) is 0 Å². The molecule has 27 aromatic rings. The summed E-state index contributed by atoms with van der Waals surface area (Å²) < 4.78 is 28.1. The molecule has 0 amide bonds. The standard InChI is InChI=1S/C42H26O.C40H24O2.C40H24OS/c1-2-9-27(10-3-1)30-17-21-36-39(24-30)34-14-5-4-13-33(34)35-20-18-31(25-40(35)36)28-11-8-12-29(23-28)32-19-22-38-37-15-6-7-16-41(37)43-42(38)26-32;1-2-9-25(10-3-1)26-17-19-31-34(23-26)29-12-5-4-11-28(29)30-20-18-27(24-35(30)31)36-21-22-38(41-36)33-14-8-16-39-40(33)32-13-6-7-15-37(32)42-39;1-2-9-25(10-3-1)26-17-19-31-34(23-26)29-12-5-4-11-28(29)30-20-18-27(24-35(30)31)36-21-22-37(41-36)32-14-8-16-39-40(32)33-13-6-7-15-38(33)42-39/h1-26H;2*1-24H. The fourth-order valence-electron chi connectivity index (χ4n) is 19.8. The predicted molar refractivity (Wildman–Crippen MR) is 538 cm³/mol. The summed E-state index contributed by atoms with van der Waals surface area (Å²) in [6.07, 6.45) is 0. The van der Waals surface area contributed by atoms with Crippen LogP contribution >= 0.6 is 11.3 Å². The number of hydrogen-bond acceptors (Lipinski definition) is 5. The molecular formula is C122H74O4S. The minimum absolute atomic E-state index is 0.832. The van der Waals surface area contributed by atoms with Crippen molar-refractivity contribution < 1.29 is 17.7 Å². The first kappa shape index (κ1) is 73.3. The average Bonchev–Trinajstić information content (AvgIpc) is 1.10. The third-order valence-corrected chi connectivity index (χ3v) is 27.0. The van der Waals surface area contributed by atoms with Crippen molar-refractivity contribution >= 4 is 172 Å². The molecule has 0 aliphatic carbocycles. The summed E-state index contributed by atoms with van der Waals surface area (Å²) in [4.78, 5) is 0. The second-order valence-corrected chi connectivity index (χ2v) is 34.2. The molecule has 0 radical (unpaired) electrons. The van der Waals surface area contributed by atoms with E-state index in [2.05, 4.69) is 406 Å². The summed E-state index contributed by atoms with van der Waals surface area (Å²) in [6.45, 7) is 0. The third-order valence-electron chi connectivity index (χ3n) is 25.9. The van der Waals surface area contributed by atoms with Gasteiger partial charge >= 0.3 is 0 Å². The van der Waals surface area contributed by atoms with Gasteiger partial charge in [0.15, 0.2) is 0 Å². The predicted octanol–water partition coefficient (Wildman–Crippen LogP) is 35.8. The molecule has 0 N–H and O–H groups in total. The van der Waals surface area contributed by atoms with Crippen LogP contribution in [0.15, 0.2) is 467 Å². The molecule has 5 heterocycles. The van der Waals surface area contributed by atoms with E-state index in [9.17, 15) is 0 Å². The lowest BCUT2D eigenvalue weighted by molar-refractivity contribution is 0.598. The molecule has 5 heteroatoms. The molecule has 4 nitrogen and oxygen atoms in total. The lowest BCUT2D eigenvalue weighted by Crippen LogP contribution is -1.87. The highest BCUT2D eigenvalue weighted by Gasteiger charge is 2.22. The largest absolute Gasteiger partial charge is 0.456 e. The molecule has 27 rings (SSSR count). The van der Waals surface area contributed by atoms with Crippen molar-refractivity contribution in [3.8, 4) is 101 Å². The van der Waals surface area contributed by atoms with Crippen molar-refractivity contribution in [3.05, 3.63) is 449 Å². The summed E-state index contributed by atoms with van der Waals surface area (Å²) in [5, 5.41) is 29.8. The number of fused-ring (bicyclic) bond motifs is 27. The highest BCUT2D eigenvalue weighted by atomic mass is 32.1. The van der Waals surface area contributed by atoms with Gasteiger partial charge in [0.05, 0.1) is 0 Å². The van der Waals surface area contributed by atoms with Crippen LogP contribution in [0, 0.1) is 0 Å². The first-order chi connectivity index (χ1) is 62.9. The zero-order valence-corrected chi connectivity index (χ0v) is 69.6. The summed E-state index contributed by atoms with van der Waals surface area (Å²) in [5.74, 6) is 3.46. The molecule has 0 saturated carbocycles. The Bertz CT molecular complexity index is 8740. The van der Waals surface area contributed by atoms with Gasteiger partial charge in [-0.25, -0.2) is 0 Å². The van der Waals surface area contributed by atoms with Gasteiger partial charge in [-0.15, -0.1) is 11.3 Å². The quantitative estimate of drug-likeness (QED) is 0.135. The monoisotopic (exact) mass is 1630 g/mol. The van der Waals surface area contributed by atoms with Crippen molar-refractivity contribution in [1.29, 1.82) is 0 Å². The Labute approximate surface area is 734 Å². The van der Waals surface area contributed by atoms with Crippen LogP contribution in [0.2, 0.25) is 0 Å². The van der Waals surface area contributed by atoms with E-state index in [0.29, 0.717) is 0 Å². The first-order valence-electron chi connectivity index (χ1n) is 43.3. The molecule has 0 aliphatic rings. The van der Waals surface area contributed by atoms with E-state index in [1.165, 1.54) is 167 Å². The second-order valence-electron chi connectivity index (χ2n) is 33.1. The van der Waals surface area contributed by atoms with E-state index >= 15 is 0 Å². The molecule has 0 aliphatic heterocycles. The minimum atomic E-state index is 0.832. The third kappa shape index (κ3) is 12.6. The van der Waals surface area contributed by atoms with Crippen molar-refractivity contribution in [2.24, 2.45) is 0 Å². The Morgan fingerprint density at radius 1 is 0.126 bits per heavy atom. The molecule has 5 aromatic heterocycles. The number of benzene rings is 22.